The van der Waals surface area contributed by atoms with Gasteiger partial charge < -0.3 is 14.6 Å². The molecule has 1 unspecified atom stereocenters. The highest BCUT2D eigenvalue weighted by Crippen LogP contribution is 2.06. The maximum atomic E-state index is 9.46. The van der Waals surface area contributed by atoms with Crippen molar-refractivity contribution in [3.63, 3.8) is 0 Å². The second-order valence-electron chi connectivity index (χ2n) is 2.57. The Morgan fingerprint density at radius 3 is 3.00 bits per heavy atom. The van der Waals surface area contributed by atoms with Crippen molar-refractivity contribution in [1.82, 2.24) is 9.80 Å². The molecular formula is C6H14N2O3. The zero-order chi connectivity index (χ0) is 8.27. The van der Waals surface area contributed by atoms with Gasteiger partial charge in [-0.1, -0.05) is 0 Å². The highest BCUT2D eigenvalue weighted by molar-refractivity contribution is 4.56. The Labute approximate surface area is 66.1 Å². The van der Waals surface area contributed by atoms with Crippen LogP contribution in [-0.4, -0.2) is 55.6 Å². The molecule has 66 valence electrons. The number of nitrogens with zero attached hydrogens (tertiary/aromatic N) is 2. The highest BCUT2D eigenvalue weighted by atomic mass is 16.5. The molecule has 0 saturated carbocycles. The lowest BCUT2D eigenvalue weighted by atomic mass is 10.6. The van der Waals surface area contributed by atoms with Crippen molar-refractivity contribution in [2.45, 2.75) is 6.35 Å². The van der Waals surface area contributed by atoms with Gasteiger partial charge in [-0.3, -0.25) is 0 Å². The summed E-state index contributed by atoms with van der Waals surface area (Å²) < 4.78 is 9.99. The molecule has 1 saturated heterocycles. The fourth-order valence-corrected chi connectivity index (χ4v) is 0.984. The van der Waals surface area contributed by atoms with Crippen LogP contribution >= 0.6 is 0 Å². The van der Waals surface area contributed by atoms with E-state index in [0.29, 0.717) is 20.2 Å². The minimum absolute atomic E-state index is 0.380. The molecule has 0 aromatic rings. The second kappa shape index (κ2) is 3.99. The van der Waals surface area contributed by atoms with E-state index in [-0.39, 0.29) is 0 Å². The molecule has 0 amide bonds. The lowest BCUT2D eigenvalue weighted by Gasteiger charge is -2.37. The van der Waals surface area contributed by atoms with Crippen LogP contribution in [0.5, 0.6) is 0 Å². The first-order valence-electron chi connectivity index (χ1n) is 3.44. The average Bonchev–Trinajstić information content (AvgIpc) is 1.99. The van der Waals surface area contributed by atoms with Gasteiger partial charge in [0.15, 0.2) is 6.35 Å². The number of hydrogen-bond donors (Lipinski definition) is 1. The fraction of sp³-hybridized carbons (Fsp3) is 1.00. The summed E-state index contributed by atoms with van der Waals surface area (Å²) in [6.07, 6.45) is -0.594. The van der Waals surface area contributed by atoms with Crippen molar-refractivity contribution in [3.8, 4) is 0 Å². The largest absolute Gasteiger partial charge is 0.369 e. The SMILES string of the molecule is COCN1COCN(C)C1O. The molecule has 0 spiro atoms. The van der Waals surface area contributed by atoms with Gasteiger partial charge in [-0.25, -0.2) is 9.80 Å². The third-order valence-electron chi connectivity index (χ3n) is 1.57. The summed E-state index contributed by atoms with van der Waals surface area (Å²) in [6.45, 7) is 1.26. The minimum Gasteiger partial charge on any atom is -0.369 e. The lowest BCUT2D eigenvalue weighted by Crippen LogP contribution is -2.53. The Kier molecular flexibility index (Phi) is 3.22. The van der Waals surface area contributed by atoms with Crippen LogP contribution < -0.4 is 0 Å². The molecule has 5 heteroatoms. The van der Waals surface area contributed by atoms with Crippen molar-refractivity contribution in [3.05, 3.63) is 0 Å². The molecule has 1 rings (SSSR count). The van der Waals surface area contributed by atoms with Crippen LogP contribution in [0.3, 0.4) is 0 Å². The standard InChI is InChI=1S/C6H14N2O3/c1-7-3-11-5-8(4-10-2)6(7)9/h6,9H,3-5H2,1-2H3. The zero-order valence-corrected chi connectivity index (χ0v) is 6.86. The predicted molar refractivity (Wildman–Crippen MR) is 38.3 cm³/mol. The van der Waals surface area contributed by atoms with Gasteiger partial charge in [-0.15, -0.1) is 0 Å². The molecule has 1 aliphatic rings. The van der Waals surface area contributed by atoms with Gasteiger partial charge >= 0.3 is 0 Å². The molecule has 1 heterocycles. The first kappa shape index (κ1) is 8.89. The third kappa shape index (κ3) is 2.11. The summed E-state index contributed by atoms with van der Waals surface area (Å²) in [6, 6.07) is 0. The minimum atomic E-state index is -0.594. The van der Waals surface area contributed by atoms with Gasteiger partial charge in [0.2, 0.25) is 0 Å². The highest BCUT2D eigenvalue weighted by Gasteiger charge is 2.24. The molecule has 1 N–H and O–H groups in total. The van der Waals surface area contributed by atoms with Crippen LogP contribution in [0.25, 0.3) is 0 Å². The van der Waals surface area contributed by atoms with Gasteiger partial charge in [-0.2, -0.15) is 0 Å². The number of methoxy groups -OCH3 is 1. The van der Waals surface area contributed by atoms with Crippen LogP contribution in [-0.2, 0) is 9.47 Å². The molecule has 11 heavy (non-hydrogen) atoms. The van der Waals surface area contributed by atoms with E-state index < -0.39 is 6.35 Å². The molecule has 1 aliphatic heterocycles. The Morgan fingerprint density at radius 2 is 2.36 bits per heavy atom. The second-order valence-corrected chi connectivity index (χ2v) is 2.57. The van der Waals surface area contributed by atoms with Crippen LogP contribution in [0.4, 0.5) is 0 Å². The number of hydrogen-bond acceptors (Lipinski definition) is 5. The van der Waals surface area contributed by atoms with Crippen LogP contribution in [0.2, 0.25) is 0 Å². The maximum Gasteiger partial charge on any atom is 0.170 e. The van der Waals surface area contributed by atoms with E-state index in [2.05, 4.69) is 0 Å². The Bertz CT molecular complexity index is 120. The Morgan fingerprint density at radius 1 is 1.64 bits per heavy atom. The summed E-state index contributed by atoms with van der Waals surface area (Å²) in [5.74, 6) is 0. The van der Waals surface area contributed by atoms with E-state index in [1.165, 1.54) is 0 Å². The lowest BCUT2D eigenvalue weighted by molar-refractivity contribution is -0.240. The smallest absolute Gasteiger partial charge is 0.170 e. The van der Waals surface area contributed by atoms with Crippen LogP contribution in [0, 0.1) is 0 Å². The molecule has 0 aliphatic carbocycles. The predicted octanol–water partition coefficient (Wildman–Crippen LogP) is -0.955. The Hall–Kier alpha value is -0.200. The quantitative estimate of drug-likeness (QED) is 0.567. The molecular weight excluding hydrogens is 148 g/mol. The van der Waals surface area contributed by atoms with E-state index in [4.69, 9.17) is 9.47 Å². The monoisotopic (exact) mass is 162 g/mol. The normalized spacial score (nSPS) is 29.2. The molecule has 0 bridgehead atoms. The van der Waals surface area contributed by atoms with Gasteiger partial charge in [0.05, 0.1) is 0 Å². The van der Waals surface area contributed by atoms with Crippen LogP contribution in [0.1, 0.15) is 0 Å². The van der Waals surface area contributed by atoms with Gasteiger partial charge in [-0.05, 0) is 7.05 Å². The molecule has 1 fully saturated rings. The first-order chi connectivity index (χ1) is 5.25. The maximum absolute atomic E-state index is 9.46. The van der Waals surface area contributed by atoms with E-state index in [0.717, 1.165) is 0 Å². The summed E-state index contributed by atoms with van der Waals surface area (Å²) in [5.41, 5.74) is 0. The number of rotatable bonds is 2. The van der Waals surface area contributed by atoms with E-state index in [9.17, 15) is 5.11 Å². The molecule has 0 radical (unpaired) electrons. The van der Waals surface area contributed by atoms with Crippen molar-refractivity contribution >= 4 is 0 Å². The average molecular weight is 162 g/mol. The molecule has 0 aromatic carbocycles. The fourth-order valence-electron chi connectivity index (χ4n) is 0.984. The number of ether oxygens (including phenoxy) is 2. The molecule has 1 atom stereocenters. The first-order valence-corrected chi connectivity index (χ1v) is 3.44. The van der Waals surface area contributed by atoms with Crippen molar-refractivity contribution < 1.29 is 14.6 Å². The van der Waals surface area contributed by atoms with Crippen molar-refractivity contribution in [2.75, 3.05) is 34.3 Å². The van der Waals surface area contributed by atoms with Gasteiger partial charge in [0, 0.05) is 7.11 Å². The van der Waals surface area contributed by atoms with Crippen molar-refractivity contribution in [1.29, 1.82) is 0 Å². The van der Waals surface area contributed by atoms with Crippen LogP contribution in [0.15, 0.2) is 0 Å². The van der Waals surface area contributed by atoms with Gasteiger partial charge in [0.1, 0.15) is 20.2 Å². The van der Waals surface area contributed by atoms with Crippen molar-refractivity contribution in [2.24, 2.45) is 0 Å². The van der Waals surface area contributed by atoms with Gasteiger partial charge in [0.25, 0.3) is 0 Å². The van der Waals surface area contributed by atoms with E-state index >= 15 is 0 Å². The Balaban J connectivity index is 2.38. The van der Waals surface area contributed by atoms with E-state index in [1.807, 2.05) is 0 Å². The molecule has 5 nitrogen and oxygen atoms in total. The van der Waals surface area contributed by atoms with E-state index in [1.54, 1.807) is 24.0 Å². The third-order valence-corrected chi connectivity index (χ3v) is 1.57. The molecule has 0 aromatic heterocycles. The summed E-state index contributed by atoms with van der Waals surface area (Å²) in [5, 5.41) is 9.46. The topological polar surface area (TPSA) is 45.2 Å². The number of aliphatic hydroxyl groups is 1. The summed E-state index contributed by atoms with van der Waals surface area (Å²) >= 11 is 0. The number of aliphatic hydroxyl groups excluding tert-OH is 1. The zero-order valence-electron chi connectivity index (χ0n) is 6.86. The summed E-state index contributed by atoms with van der Waals surface area (Å²) in [7, 11) is 3.37. The summed E-state index contributed by atoms with van der Waals surface area (Å²) in [4.78, 5) is 3.35.